The highest BCUT2D eigenvalue weighted by Gasteiger charge is 2.22. The van der Waals surface area contributed by atoms with Crippen molar-refractivity contribution >= 4 is 11.7 Å². The van der Waals surface area contributed by atoms with Gasteiger partial charge in [-0.05, 0) is 0 Å². The average molecular weight is 111 g/mol. The van der Waals surface area contributed by atoms with Crippen molar-refractivity contribution in [1.29, 1.82) is 5.41 Å². The molecular formula is C5H5NO2. The first kappa shape index (κ1) is 5.03. The van der Waals surface area contributed by atoms with Crippen molar-refractivity contribution in [2.45, 2.75) is 0 Å². The van der Waals surface area contributed by atoms with Crippen LogP contribution in [0.2, 0.25) is 0 Å². The standard InChI is InChI=1S/C5H5NO2/c1-3-2-8-5(7)4(3)6/h6H,1-2H2. The Hall–Kier alpha value is -1.12. The SMILES string of the molecule is C=C1COC(=O)C1=N. The van der Waals surface area contributed by atoms with Crippen molar-refractivity contribution in [3.05, 3.63) is 12.2 Å². The van der Waals surface area contributed by atoms with Gasteiger partial charge in [-0.2, -0.15) is 0 Å². The predicted molar refractivity (Wildman–Crippen MR) is 27.8 cm³/mol. The summed E-state index contributed by atoms with van der Waals surface area (Å²) in [6.07, 6.45) is 0. The van der Waals surface area contributed by atoms with Gasteiger partial charge in [0.1, 0.15) is 12.3 Å². The molecule has 3 nitrogen and oxygen atoms in total. The van der Waals surface area contributed by atoms with Crippen molar-refractivity contribution in [1.82, 2.24) is 0 Å². The molecule has 1 saturated heterocycles. The maximum atomic E-state index is 10.3. The molecule has 0 bridgehead atoms. The zero-order valence-corrected chi connectivity index (χ0v) is 4.23. The smallest absolute Gasteiger partial charge is 0.356 e. The summed E-state index contributed by atoms with van der Waals surface area (Å²) in [7, 11) is 0. The van der Waals surface area contributed by atoms with E-state index in [1.165, 1.54) is 0 Å². The van der Waals surface area contributed by atoms with Crippen LogP contribution in [0.25, 0.3) is 0 Å². The second kappa shape index (κ2) is 1.43. The molecule has 1 N–H and O–H groups in total. The number of carbonyl (C=O) groups is 1. The summed E-state index contributed by atoms with van der Waals surface area (Å²) in [6, 6.07) is 0. The van der Waals surface area contributed by atoms with E-state index in [1.54, 1.807) is 0 Å². The van der Waals surface area contributed by atoms with Gasteiger partial charge in [0.25, 0.3) is 0 Å². The molecule has 1 aliphatic heterocycles. The molecule has 0 aromatic rings. The van der Waals surface area contributed by atoms with Gasteiger partial charge in [-0.3, -0.25) is 5.41 Å². The topological polar surface area (TPSA) is 50.2 Å². The fourth-order valence-corrected chi connectivity index (χ4v) is 0.441. The van der Waals surface area contributed by atoms with Crippen LogP contribution in [0.1, 0.15) is 0 Å². The third-order valence-corrected chi connectivity index (χ3v) is 0.935. The summed E-state index contributed by atoms with van der Waals surface area (Å²) >= 11 is 0. The lowest BCUT2D eigenvalue weighted by molar-refractivity contribution is -0.132. The first-order valence-electron chi connectivity index (χ1n) is 2.15. The zero-order valence-electron chi connectivity index (χ0n) is 4.23. The first-order valence-corrected chi connectivity index (χ1v) is 2.15. The Labute approximate surface area is 46.5 Å². The molecule has 1 aliphatic rings. The minimum Gasteiger partial charge on any atom is -0.456 e. The number of hydrogen-bond acceptors (Lipinski definition) is 3. The molecule has 0 radical (unpaired) electrons. The van der Waals surface area contributed by atoms with Crippen LogP contribution in [0, 0.1) is 5.41 Å². The lowest BCUT2D eigenvalue weighted by Gasteiger charge is -1.80. The minimum absolute atomic E-state index is 0.0926. The van der Waals surface area contributed by atoms with Crippen molar-refractivity contribution in [2.24, 2.45) is 0 Å². The molecule has 0 unspecified atom stereocenters. The van der Waals surface area contributed by atoms with Gasteiger partial charge in [0.15, 0.2) is 0 Å². The third-order valence-electron chi connectivity index (χ3n) is 0.935. The Kier molecular flexibility index (Phi) is 0.901. The molecule has 0 saturated carbocycles. The van der Waals surface area contributed by atoms with E-state index in [2.05, 4.69) is 11.3 Å². The Morgan fingerprint density at radius 1 is 1.75 bits per heavy atom. The molecule has 1 fully saturated rings. The van der Waals surface area contributed by atoms with Gasteiger partial charge >= 0.3 is 5.97 Å². The Balaban J connectivity index is 2.86. The van der Waals surface area contributed by atoms with Crippen LogP contribution in [-0.2, 0) is 9.53 Å². The molecule has 0 amide bonds. The van der Waals surface area contributed by atoms with Crippen molar-refractivity contribution in [3.8, 4) is 0 Å². The fourth-order valence-electron chi connectivity index (χ4n) is 0.441. The maximum Gasteiger partial charge on any atom is 0.356 e. The number of rotatable bonds is 0. The molecular weight excluding hydrogens is 106 g/mol. The highest BCUT2D eigenvalue weighted by atomic mass is 16.5. The molecule has 0 aromatic carbocycles. The van der Waals surface area contributed by atoms with Crippen LogP contribution in [0.4, 0.5) is 0 Å². The van der Waals surface area contributed by atoms with E-state index >= 15 is 0 Å². The molecule has 3 heteroatoms. The van der Waals surface area contributed by atoms with Crippen LogP contribution in [0.15, 0.2) is 12.2 Å². The molecule has 1 rings (SSSR count). The van der Waals surface area contributed by atoms with E-state index in [0.29, 0.717) is 5.57 Å². The van der Waals surface area contributed by atoms with Crippen LogP contribution in [0.5, 0.6) is 0 Å². The maximum absolute atomic E-state index is 10.3. The fraction of sp³-hybridized carbons (Fsp3) is 0.200. The van der Waals surface area contributed by atoms with Crippen molar-refractivity contribution in [3.63, 3.8) is 0 Å². The summed E-state index contributed by atoms with van der Waals surface area (Å²) in [5, 5.41) is 6.89. The Bertz CT molecular complexity index is 153. The van der Waals surface area contributed by atoms with E-state index < -0.39 is 5.97 Å². The number of esters is 1. The van der Waals surface area contributed by atoms with Crippen LogP contribution >= 0.6 is 0 Å². The van der Waals surface area contributed by atoms with Crippen LogP contribution in [0.3, 0.4) is 0 Å². The summed E-state index contributed by atoms with van der Waals surface area (Å²) in [5.74, 6) is -0.560. The van der Waals surface area contributed by atoms with Gasteiger partial charge in [-0.25, -0.2) is 4.79 Å². The van der Waals surface area contributed by atoms with E-state index in [4.69, 9.17) is 5.41 Å². The number of ether oxygens (including phenoxy) is 1. The highest BCUT2D eigenvalue weighted by Crippen LogP contribution is 2.04. The van der Waals surface area contributed by atoms with Gasteiger partial charge < -0.3 is 4.74 Å². The van der Waals surface area contributed by atoms with Gasteiger partial charge in [0.05, 0.1) is 0 Å². The molecule has 8 heavy (non-hydrogen) atoms. The predicted octanol–water partition coefficient (Wildman–Crippen LogP) is 0.119. The Morgan fingerprint density at radius 3 is 2.50 bits per heavy atom. The lowest BCUT2D eigenvalue weighted by atomic mass is 10.2. The number of cyclic esters (lactones) is 1. The lowest BCUT2D eigenvalue weighted by Crippen LogP contribution is -2.04. The van der Waals surface area contributed by atoms with E-state index in [0.717, 1.165) is 0 Å². The zero-order chi connectivity index (χ0) is 6.15. The second-order valence-electron chi connectivity index (χ2n) is 1.55. The minimum atomic E-state index is -0.560. The molecule has 0 atom stereocenters. The van der Waals surface area contributed by atoms with Crippen LogP contribution in [-0.4, -0.2) is 18.3 Å². The largest absolute Gasteiger partial charge is 0.456 e. The van der Waals surface area contributed by atoms with E-state index in [1.807, 2.05) is 0 Å². The summed E-state index contributed by atoms with van der Waals surface area (Å²) < 4.78 is 4.41. The van der Waals surface area contributed by atoms with Crippen LogP contribution < -0.4 is 0 Å². The van der Waals surface area contributed by atoms with Crippen molar-refractivity contribution < 1.29 is 9.53 Å². The van der Waals surface area contributed by atoms with Gasteiger partial charge in [0, 0.05) is 5.57 Å². The van der Waals surface area contributed by atoms with E-state index in [-0.39, 0.29) is 12.3 Å². The van der Waals surface area contributed by atoms with Gasteiger partial charge in [-0.15, -0.1) is 0 Å². The second-order valence-corrected chi connectivity index (χ2v) is 1.55. The summed E-state index contributed by atoms with van der Waals surface area (Å²) in [4.78, 5) is 10.3. The quantitative estimate of drug-likeness (QED) is 0.451. The molecule has 0 aromatic heterocycles. The monoisotopic (exact) mass is 111 g/mol. The molecule has 0 spiro atoms. The average Bonchev–Trinajstić information content (AvgIpc) is 1.98. The van der Waals surface area contributed by atoms with Crippen molar-refractivity contribution in [2.75, 3.05) is 6.61 Å². The number of carbonyl (C=O) groups excluding carboxylic acids is 1. The Morgan fingerprint density at radius 2 is 2.38 bits per heavy atom. The normalized spacial score (nSPS) is 19.2. The van der Waals surface area contributed by atoms with E-state index in [9.17, 15) is 4.79 Å². The number of nitrogens with one attached hydrogen (secondary N) is 1. The molecule has 0 aliphatic carbocycles. The van der Waals surface area contributed by atoms with Gasteiger partial charge in [0.2, 0.25) is 0 Å². The van der Waals surface area contributed by atoms with Gasteiger partial charge in [-0.1, -0.05) is 6.58 Å². The molecule has 1 heterocycles. The summed E-state index contributed by atoms with van der Waals surface area (Å²) in [6.45, 7) is 3.61. The molecule has 42 valence electrons. The third kappa shape index (κ3) is 0.521. The highest BCUT2D eigenvalue weighted by molar-refractivity contribution is 6.43. The number of hydrogen-bond donors (Lipinski definition) is 1. The first-order chi connectivity index (χ1) is 3.72. The summed E-state index contributed by atoms with van der Waals surface area (Å²) in [5.41, 5.74) is 0.375.